The maximum absolute atomic E-state index is 5.35. The van der Waals surface area contributed by atoms with Crippen LogP contribution in [0.5, 0.6) is 5.75 Å². The Balaban J connectivity index is 1.73. The van der Waals surface area contributed by atoms with Crippen LogP contribution in [0.4, 0.5) is 5.69 Å². The number of benzene rings is 1. The summed E-state index contributed by atoms with van der Waals surface area (Å²) in [5.41, 5.74) is 6.74. The van der Waals surface area contributed by atoms with Gasteiger partial charge in [0.05, 0.1) is 7.11 Å². The molecule has 7 heteroatoms. The molecule has 1 saturated carbocycles. The lowest BCUT2D eigenvalue weighted by molar-refractivity contribution is 0.224. The van der Waals surface area contributed by atoms with Gasteiger partial charge in [-0.1, -0.05) is 26.7 Å². The van der Waals surface area contributed by atoms with Crippen LogP contribution in [-0.2, 0) is 0 Å². The highest BCUT2D eigenvalue weighted by molar-refractivity contribution is 7.80. The first-order chi connectivity index (χ1) is 11.5. The van der Waals surface area contributed by atoms with Gasteiger partial charge in [-0.2, -0.15) is 0 Å². The van der Waals surface area contributed by atoms with Crippen molar-refractivity contribution in [1.29, 1.82) is 0 Å². The maximum Gasteiger partial charge on any atom is 0.189 e. The molecule has 0 spiro atoms. The van der Waals surface area contributed by atoms with E-state index in [1.807, 2.05) is 24.3 Å². The van der Waals surface area contributed by atoms with Crippen LogP contribution in [0.3, 0.4) is 0 Å². The molecule has 1 aliphatic rings. The van der Waals surface area contributed by atoms with E-state index in [9.17, 15) is 0 Å². The number of methoxy groups -OCH3 is 1. The smallest absolute Gasteiger partial charge is 0.189 e. The molecule has 1 aromatic rings. The van der Waals surface area contributed by atoms with E-state index in [1.165, 1.54) is 12.8 Å². The highest BCUT2D eigenvalue weighted by Crippen LogP contribution is 2.29. The average molecular weight is 367 g/mol. The van der Waals surface area contributed by atoms with Crippen molar-refractivity contribution in [1.82, 2.24) is 16.2 Å². The van der Waals surface area contributed by atoms with Gasteiger partial charge in [0.1, 0.15) is 5.75 Å². The van der Waals surface area contributed by atoms with E-state index in [2.05, 4.69) is 35.3 Å². The molecule has 0 amide bonds. The Kier molecular flexibility index (Phi) is 7.05. The molecule has 24 heavy (non-hydrogen) atoms. The van der Waals surface area contributed by atoms with Gasteiger partial charge in [-0.15, -0.1) is 0 Å². The summed E-state index contributed by atoms with van der Waals surface area (Å²) in [5.74, 6) is 2.14. The largest absolute Gasteiger partial charge is 0.497 e. The van der Waals surface area contributed by atoms with Crippen molar-refractivity contribution in [3.63, 3.8) is 0 Å². The molecule has 132 valence electrons. The average Bonchev–Trinajstić information content (AvgIpc) is 2.58. The summed E-state index contributed by atoms with van der Waals surface area (Å²) in [4.78, 5) is 0. The number of anilines is 1. The monoisotopic (exact) mass is 366 g/mol. The second kappa shape index (κ2) is 9.03. The first-order valence-electron chi connectivity index (χ1n) is 8.27. The van der Waals surface area contributed by atoms with Gasteiger partial charge in [-0.05, 0) is 67.0 Å². The molecule has 0 aliphatic heterocycles. The van der Waals surface area contributed by atoms with Gasteiger partial charge in [0.15, 0.2) is 10.2 Å². The van der Waals surface area contributed by atoms with Crippen LogP contribution in [0.1, 0.15) is 33.1 Å². The number of hydrazine groups is 1. The predicted octanol–water partition coefficient (Wildman–Crippen LogP) is 3.19. The molecular weight excluding hydrogens is 340 g/mol. The summed E-state index contributed by atoms with van der Waals surface area (Å²) < 4.78 is 5.13. The van der Waals surface area contributed by atoms with Crippen LogP contribution < -0.4 is 26.2 Å². The first-order valence-corrected chi connectivity index (χ1v) is 9.09. The van der Waals surface area contributed by atoms with E-state index >= 15 is 0 Å². The van der Waals surface area contributed by atoms with Gasteiger partial charge >= 0.3 is 0 Å². The molecule has 5 nitrogen and oxygen atoms in total. The Morgan fingerprint density at radius 2 is 1.71 bits per heavy atom. The fourth-order valence-electron chi connectivity index (χ4n) is 2.94. The Hall–Kier alpha value is -1.60. The summed E-state index contributed by atoms with van der Waals surface area (Å²) in [6, 6.07) is 7.95. The molecule has 0 bridgehead atoms. The topological polar surface area (TPSA) is 57.4 Å². The summed E-state index contributed by atoms with van der Waals surface area (Å²) in [5, 5.41) is 7.49. The number of hydrogen-bond acceptors (Lipinski definition) is 3. The van der Waals surface area contributed by atoms with E-state index in [-0.39, 0.29) is 0 Å². The van der Waals surface area contributed by atoms with Crippen molar-refractivity contribution in [3.05, 3.63) is 24.3 Å². The molecule has 0 heterocycles. The lowest BCUT2D eigenvalue weighted by Crippen LogP contribution is -2.53. The van der Waals surface area contributed by atoms with Crippen molar-refractivity contribution < 1.29 is 4.74 Å². The van der Waals surface area contributed by atoms with Crippen LogP contribution >= 0.6 is 24.4 Å². The van der Waals surface area contributed by atoms with Crippen LogP contribution in [0.15, 0.2) is 24.3 Å². The highest BCUT2D eigenvalue weighted by atomic mass is 32.1. The zero-order valence-corrected chi connectivity index (χ0v) is 16.0. The SMILES string of the molecule is COc1ccc(NC(=S)NNC(=S)N[C@H]2CCC[C@@H](C)[C@H]2C)cc1. The van der Waals surface area contributed by atoms with Crippen LogP contribution in [0.25, 0.3) is 0 Å². The molecule has 0 saturated heterocycles. The van der Waals surface area contributed by atoms with Crippen molar-refractivity contribution in [3.8, 4) is 5.75 Å². The van der Waals surface area contributed by atoms with Gasteiger partial charge in [0, 0.05) is 11.7 Å². The Morgan fingerprint density at radius 3 is 2.38 bits per heavy atom. The first kappa shape index (κ1) is 18.7. The molecule has 3 atom stereocenters. The molecule has 1 fully saturated rings. The molecule has 0 aromatic heterocycles. The normalized spacial score (nSPS) is 23.0. The van der Waals surface area contributed by atoms with Crippen molar-refractivity contribution in [2.24, 2.45) is 11.8 Å². The minimum atomic E-state index is 0.415. The Bertz CT molecular complexity index is 564. The minimum Gasteiger partial charge on any atom is -0.497 e. The van der Waals surface area contributed by atoms with E-state index < -0.39 is 0 Å². The number of ether oxygens (including phenoxy) is 1. The van der Waals surface area contributed by atoms with E-state index in [1.54, 1.807) is 7.11 Å². The van der Waals surface area contributed by atoms with Crippen LogP contribution in [0, 0.1) is 11.8 Å². The summed E-state index contributed by atoms with van der Waals surface area (Å²) in [6.45, 7) is 4.59. The van der Waals surface area contributed by atoms with Crippen molar-refractivity contribution >= 4 is 40.3 Å². The maximum atomic E-state index is 5.35. The summed E-state index contributed by atoms with van der Waals surface area (Å²) in [7, 11) is 1.64. The lowest BCUT2D eigenvalue weighted by atomic mass is 9.78. The molecule has 0 unspecified atom stereocenters. The second-order valence-corrected chi connectivity index (χ2v) is 7.10. The van der Waals surface area contributed by atoms with Crippen molar-refractivity contribution in [2.45, 2.75) is 39.2 Å². The fraction of sp³-hybridized carbons (Fsp3) is 0.529. The third kappa shape index (κ3) is 5.49. The van der Waals surface area contributed by atoms with Gasteiger partial charge in [0.25, 0.3) is 0 Å². The van der Waals surface area contributed by atoms with Crippen molar-refractivity contribution in [2.75, 3.05) is 12.4 Å². The van der Waals surface area contributed by atoms with Gasteiger partial charge in [-0.25, -0.2) is 0 Å². The summed E-state index contributed by atoms with van der Waals surface area (Å²) in [6.07, 6.45) is 3.70. The number of nitrogens with one attached hydrogen (secondary N) is 4. The number of hydrogen-bond donors (Lipinski definition) is 4. The third-order valence-electron chi connectivity index (χ3n) is 4.66. The number of thiocarbonyl (C=S) groups is 2. The van der Waals surface area contributed by atoms with Crippen LogP contribution in [0.2, 0.25) is 0 Å². The van der Waals surface area contributed by atoms with E-state index in [4.69, 9.17) is 29.2 Å². The zero-order valence-electron chi connectivity index (χ0n) is 14.4. The Labute approximate surface area is 154 Å². The molecular formula is C17H26N4OS2. The van der Waals surface area contributed by atoms with Gasteiger partial charge < -0.3 is 15.4 Å². The molecule has 1 aromatic carbocycles. The second-order valence-electron chi connectivity index (χ2n) is 6.28. The molecule has 1 aliphatic carbocycles. The van der Waals surface area contributed by atoms with E-state index in [0.717, 1.165) is 23.8 Å². The van der Waals surface area contributed by atoms with Gasteiger partial charge in [0.2, 0.25) is 0 Å². The molecule has 0 radical (unpaired) electrons. The third-order valence-corrected chi connectivity index (χ3v) is 5.08. The quantitative estimate of drug-likeness (QED) is 0.484. The van der Waals surface area contributed by atoms with Gasteiger partial charge in [-0.3, -0.25) is 10.9 Å². The number of rotatable bonds is 3. The fourth-order valence-corrected chi connectivity index (χ4v) is 3.31. The standard InChI is InChI=1S/C17H26N4OS2/c1-11-5-4-6-15(12(11)2)19-17(24)21-20-16(23)18-13-7-9-14(22-3)10-8-13/h7-12,15H,4-6H2,1-3H3,(H2,18,20,23)(H2,19,21,24)/t11-,12-,15+/m1/s1. The zero-order chi connectivity index (χ0) is 17.5. The Morgan fingerprint density at radius 1 is 1.04 bits per heavy atom. The minimum absolute atomic E-state index is 0.415. The molecule has 2 rings (SSSR count). The van der Waals surface area contributed by atoms with Crippen LogP contribution in [-0.4, -0.2) is 23.4 Å². The predicted molar refractivity (Wildman–Crippen MR) is 107 cm³/mol. The van der Waals surface area contributed by atoms with E-state index in [0.29, 0.717) is 22.2 Å². The summed E-state index contributed by atoms with van der Waals surface area (Å²) >= 11 is 10.6. The lowest BCUT2D eigenvalue weighted by Gasteiger charge is -2.35. The molecule has 4 N–H and O–H groups in total. The highest BCUT2D eigenvalue weighted by Gasteiger charge is 2.27.